The Kier molecular flexibility index (Phi) is 6.15. The fourth-order valence-corrected chi connectivity index (χ4v) is 3.04. The molecular formula is C21H22Cl2N4O2. The fourth-order valence-electron chi connectivity index (χ4n) is 2.64. The molecule has 0 saturated carbocycles. The van der Waals surface area contributed by atoms with E-state index >= 15 is 0 Å². The SMILES string of the molecule is Cn1nc(C(C)(C)C)cc1NC(=O)Cc1ccc(Oc2ccnc(Cl)c2)c(Cl)c1. The molecule has 0 saturated heterocycles. The van der Waals surface area contributed by atoms with Crippen LogP contribution < -0.4 is 10.1 Å². The Morgan fingerprint density at radius 2 is 1.93 bits per heavy atom. The van der Waals surface area contributed by atoms with E-state index in [4.69, 9.17) is 27.9 Å². The number of pyridine rings is 1. The number of rotatable bonds is 5. The molecule has 0 atom stereocenters. The zero-order chi connectivity index (χ0) is 21.2. The summed E-state index contributed by atoms with van der Waals surface area (Å²) in [4.78, 5) is 16.4. The van der Waals surface area contributed by atoms with Gasteiger partial charge in [-0.1, -0.05) is 50.0 Å². The quantitative estimate of drug-likeness (QED) is 0.548. The van der Waals surface area contributed by atoms with Crippen LogP contribution in [0.4, 0.5) is 5.82 Å². The molecular weight excluding hydrogens is 411 g/mol. The van der Waals surface area contributed by atoms with Gasteiger partial charge in [-0.2, -0.15) is 5.10 Å². The summed E-state index contributed by atoms with van der Waals surface area (Å²) < 4.78 is 7.40. The van der Waals surface area contributed by atoms with Gasteiger partial charge in [0.15, 0.2) is 0 Å². The molecule has 152 valence electrons. The van der Waals surface area contributed by atoms with E-state index in [1.807, 2.05) is 6.07 Å². The van der Waals surface area contributed by atoms with Gasteiger partial charge in [0, 0.05) is 30.8 Å². The molecule has 0 fully saturated rings. The van der Waals surface area contributed by atoms with Crippen molar-refractivity contribution >= 4 is 34.9 Å². The summed E-state index contributed by atoms with van der Waals surface area (Å²) in [6.07, 6.45) is 1.73. The number of anilines is 1. The summed E-state index contributed by atoms with van der Waals surface area (Å²) in [7, 11) is 1.80. The highest BCUT2D eigenvalue weighted by atomic mass is 35.5. The van der Waals surface area contributed by atoms with Crippen LogP contribution in [0.2, 0.25) is 10.2 Å². The molecule has 29 heavy (non-hydrogen) atoms. The predicted molar refractivity (Wildman–Crippen MR) is 115 cm³/mol. The molecule has 0 bridgehead atoms. The minimum atomic E-state index is -0.154. The molecule has 0 radical (unpaired) electrons. The number of carbonyl (C=O) groups is 1. The van der Waals surface area contributed by atoms with Crippen LogP contribution in [0.3, 0.4) is 0 Å². The summed E-state index contributed by atoms with van der Waals surface area (Å²) in [6.45, 7) is 6.23. The van der Waals surface area contributed by atoms with Crippen LogP contribution >= 0.6 is 23.2 Å². The highest BCUT2D eigenvalue weighted by Crippen LogP contribution is 2.31. The van der Waals surface area contributed by atoms with Crippen LogP contribution in [0.25, 0.3) is 0 Å². The molecule has 0 aliphatic rings. The van der Waals surface area contributed by atoms with Crippen LogP contribution in [0.15, 0.2) is 42.6 Å². The number of amides is 1. The number of benzene rings is 1. The second kappa shape index (κ2) is 8.43. The van der Waals surface area contributed by atoms with Crippen LogP contribution in [0, 0.1) is 0 Å². The van der Waals surface area contributed by atoms with Crippen molar-refractivity contribution in [1.29, 1.82) is 0 Å². The molecule has 0 aliphatic heterocycles. The highest BCUT2D eigenvalue weighted by molar-refractivity contribution is 6.32. The topological polar surface area (TPSA) is 69.0 Å². The first kappa shape index (κ1) is 21.1. The molecule has 1 aromatic carbocycles. The Hall–Kier alpha value is -2.57. The molecule has 0 spiro atoms. The lowest BCUT2D eigenvalue weighted by atomic mass is 9.92. The van der Waals surface area contributed by atoms with Gasteiger partial charge in [0.1, 0.15) is 22.5 Å². The lowest BCUT2D eigenvalue weighted by Gasteiger charge is -2.13. The van der Waals surface area contributed by atoms with Gasteiger partial charge < -0.3 is 10.1 Å². The maximum atomic E-state index is 12.5. The monoisotopic (exact) mass is 432 g/mol. The van der Waals surface area contributed by atoms with E-state index in [1.54, 1.807) is 48.3 Å². The first-order valence-electron chi connectivity index (χ1n) is 9.04. The number of hydrogen-bond donors (Lipinski definition) is 1. The van der Waals surface area contributed by atoms with Crippen LogP contribution in [0.1, 0.15) is 32.0 Å². The zero-order valence-electron chi connectivity index (χ0n) is 16.7. The Bertz CT molecular complexity index is 1040. The standard InChI is InChI=1S/C21H22Cl2N4O2/c1-21(2,3)17-12-19(27(4)26-17)25-20(28)10-13-5-6-16(15(22)9-13)29-14-7-8-24-18(23)11-14/h5-9,11-12H,10H2,1-4H3,(H,25,28). The summed E-state index contributed by atoms with van der Waals surface area (Å²) >= 11 is 12.2. The lowest BCUT2D eigenvalue weighted by molar-refractivity contribution is -0.115. The molecule has 3 aromatic rings. The predicted octanol–water partition coefficient (Wildman–Crippen LogP) is 5.39. The van der Waals surface area contributed by atoms with Crippen molar-refractivity contribution in [3.8, 4) is 11.5 Å². The Balaban J connectivity index is 1.67. The number of nitrogens with one attached hydrogen (secondary N) is 1. The first-order chi connectivity index (χ1) is 13.6. The molecule has 3 rings (SSSR count). The molecule has 6 nitrogen and oxygen atoms in total. The molecule has 2 heterocycles. The van der Waals surface area contributed by atoms with Crippen molar-refractivity contribution < 1.29 is 9.53 Å². The summed E-state index contributed by atoms with van der Waals surface area (Å²) in [6, 6.07) is 10.4. The summed E-state index contributed by atoms with van der Waals surface area (Å²) in [5, 5.41) is 8.09. The largest absolute Gasteiger partial charge is 0.456 e. The van der Waals surface area contributed by atoms with Gasteiger partial charge in [0.2, 0.25) is 5.91 Å². The first-order valence-corrected chi connectivity index (χ1v) is 9.79. The van der Waals surface area contributed by atoms with Gasteiger partial charge in [0.25, 0.3) is 0 Å². The Morgan fingerprint density at radius 1 is 1.17 bits per heavy atom. The van der Waals surface area contributed by atoms with Crippen molar-refractivity contribution in [3.63, 3.8) is 0 Å². The van der Waals surface area contributed by atoms with E-state index in [9.17, 15) is 4.79 Å². The minimum absolute atomic E-state index is 0.0941. The van der Waals surface area contributed by atoms with Crippen LogP contribution in [-0.4, -0.2) is 20.7 Å². The molecule has 2 aromatic heterocycles. The fraction of sp³-hybridized carbons (Fsp3) is 0.286. The average molecular weight is 433 g/mol. The third kappa shape index (κ3) is 5.49. The number of halogens is 2. The van der Waals surface area contributed by atoms with E-state index in [0.717, 1.165) is 11.3 Å². The second-order valence-corrected chi connectivity index (χ2v) is 8.49. The smallest absolute Gasteiger partial charge is 0.229 e. The van der Waals surface area contributed by atoms with E-state index in [-0.39, 0.29) is 17.7 Å². The van der Waals surface area contributed by atoms with E-state index in [1.165, 1.54) is 0 Å². The number of hydrogen-bond acceptors (Lipinski definition) is 4. The minimum Gasteiger partial charge on any atom is -0.456 e. The number of ether oxygens (including phenoxy) is 1. The molecule has 0 unspecified atom stereocenters. The van der Waals surface area contributed by atoms with Crippen molar-refractivity contribution in [2.45, 2.75) is 32.6 Å². The third-order valence-corrected chi connectivity index (χ3v) is 4.70. The third-order valence-electron chi connectivity index (χ3n) is 4.20. The van der Waals surface area contributed by atoms with Gasteiger partial charge in [-0.05, 0) is 23.8 Å². The zero-order valence-corrected chi connectivity index (χ0v) is 18.2. The second-order valence-electron chi connectivity index (χ2n) is 7.69. The summed E-state index contributed by atoms with van der Waals surface area (Å²) in [5.74, 6) is 1.50. The van der Waals surface area contributed by atoms with Crippen molar-refractivity contribution in [2.24, 2.45) is 7.05 Å². The molecule has 1 amide bonds. The Morgan fingerprint density at radius 3 is 2.55 bits per heavy atom. The lowest BCUT2D eigenvalue weighted by Crippen LogP contribution is -2.16. The number of carbonyl (C=O) groups excluding carboxylic acids is 1. The molecule has 0 aliphatic carbocycles. The van der Waals surface area contributed by atoms with E-state index in [0.29, 0.717) is 27.5 Å². The van der Waals surface area contributed by atoms with Gasteiger partial charge >= 0.3 is 0 Å². The number of aromatic nitrogens is 3. The van der Waals surface area contributed by atoms with Gasteiger partial charge in [-0.25, -0.2) is 4.98 Å². The van der Waals surface area contributed by atoms with Gasteiger partial charge in [-0.3, -0.25) is 9.48 Å². The normalized spacial score (nSPS) is 11.4. The van der Waals surface area contributed by atoms with Gasteiger partial charge in [0.05, 0.1) is 17.1 Å². The van der Waals surface area contributed by atoms with Crippen molar-refractivity contribution in [2.75, 3.05) is 5.32 Å². The number of aryl methyl sites for hydroxylation is 1. The maximum absolute atomic E-state index is 12.5. The maximum Gasteiger partial charge on any atom is 0.229 e. The van der Waals surface area contributed by atoms with Crippen LogP contribution in [-0.2, 0) is 23.7 Å². The van der Waals surface area contributed by atoms with Crippen LogP contribution in [0.5, 0.6) is 11.5 Å². The van der Waals surface area contributed by atoms with Crippen molar-refractivity contribution in [1.82, 2.24) is 14.8 Å². The number of nitrogens with zero attached hydrogens (tertiary/aromatic N) is 3. The average Bonchev–Trinajstić information content (AvgIpc) is 2.98. The van der Waals surface area contributed by atoms with Gasteiger partial charge in [-0.15, -0.1) is 0 Å². The summed E-state index contributed by atoms with van der Waals surface area (Å²) in [5.41, 5.74) is 1.59. The van der Waals surface area contributed by atoms with Crippen molar-refractivity contribution in [3.05, 3.63) is 64.0 Å². The molecule has 8 heteroatoms. The van der Waals surface area contributed by atoms with E-state index in [2.05, 4.69) is 36.2 Å². The highest BCUT2D eigenvalue weighted by Gasteiger charge is 2.19. The Labute approximate surface area is 179 Å². The molecule has 1 N–H and O–H groups in total. The van der Waals surface area contributed by atoms with E-state index < -0.39 is 0 Å².